The first-order valence-electron chi connectivity index (χ1n) is 10.8. The van der Waals surface area contributed by atoms with Crippen LogP contribution in [0.5, 0.6) is 0 Å². The number of aromatic nitrogens is 4. The smallest absolute Gasteiger partial charge is 0.167 e. The number of ether oxygens (including phenoxy) is 1. The number of anilines is 1. The van der Waals surface area contributed by atoms with E-state index >= 15 is 0 Å². The Morgan fingerprint density at radius 3 is 2.84 bits per heavy atom. The number of allylic oxidation sites excluding steroid dienone is 4. The van der Waals surface area contributed by atoms with Gasteiger partial charge in [0.15, 0.2) is 23.2 Å². The standard InChI is InChI=1S/C21H26FN5O4S/c22-11-4-1-2-7-15(11)32-8-14-17(29)18(30)21(31-14)27-10-25-16-19(23-9-24-20(16)27)26-12-5-3-6-13(12)28/h1,4,9-10,12-14,17-18,21,28-30H,2-3,5-8H2,(H,23,24,26)/t12?,13-,14-,17-,18-,21-/m1/s1. The number of rotatable bonds is 6. The van der Waals surface area contributed by atoms with Crippen LogP contribution in [0.3, 0.4) is 0 Å². The number of nitrogens with one attached hydrogen (secondary N) is 1. The van der Waals surface area contributed by atoms with Crippen LogP contribution in [-0.2, 0) is 4.74 Å². The number of aliphatic hydroxyl groups is 3. The predicted octanol–water partition coefficient (Wildman–Crippen LogP) is 2.04. The molecule has 9 nitrogen and oxygen atoms in total. The third kappa shape index (κ3) is 4.03. The molecule has 0 amide bonds. The van der Waals surface area contributed by atoms with E-state index in [9.17, 15) is 19.7 Å². The van der Waals surface area contributed by atoms with Gasteiger partial charge >= 0.3 is 0 Å². The summed E-state index contributed by atoms with van der Waals surface area (Å²) in [6, 6.07) is -0.0980. The Morgan fingerprint density at radius 1 is 1.19 bits per heavy atom. The minimum absolute atomic E-state index is 0.0980. The number of thioether (sulfide) groups is 1. The van der Waals surface area contributed by atoms with Crippen LogP contribution >= 0.6 is 11.8 Å². The van der Waals surface area contributed by atoms with E-state index in [1.807, 2.05) is 0 Å². The molecule has 1 saturated heterocycles. The summed E-state index contributed by atoms with van der Waals surface area (Å²) in [6.07, 6.45) is 5.78. The quantitative estimate of drug-likeness (QED) is 0.509. The van der Waals surface area contributed by atoms with E-state index in [-0.39, 0.29) is 11.9 Å². The maximum atomic E-state index is 13.9. The molecule has 0 bridgehead atoms. The van der Waals surface area contributed by atoms with Gasteiger partial charge in [0.05, 0.1) is 24.6 Å². The highest BCUT2D eigenvalue weighted by Gasteiger charge is 2.44. The molecule has 0 radical (unpaired) electrons. The molecule has 0 spiro atoms. The number of hydrogen-bond acceptors (Lipinski definition) is 9. The lowest BCUT2D eigenvalue weighted by atomic mass is 10.1. The predicted molar refractivity (Wildman–Crippen MR) is 117 cm³/mol. The van der Waals surface area contributed by atoms with E-state index in [1.54, 1.807) is 10.6 Å². The Balaban J connectivity index is 1.33. The number of halogens is 1. The molecule has 6 atom stereocenters. The first kappa shape index (κ1) is 21.8. The van der Waals surface area contributed by atoms with Crippen LogP contribution in [0.1, 0.15) is 38.3 Å². The topological polar surface area (TPSA) is 126 Å². The molecule has 2 aliphatic carbocycles. The van der Waals surface area contributed by atoms with Gasteiger partial charge in [-0.1, -0.05) is 6.08 Å². The minimum Gasteiger partial charge on any atom is -0.391 e. The molecule has 4 N–H and O–H groups in total. The molecule has 0 aromatic carbocycles. The zero-order chi connectivity index (χ0) is 22.2. The molecular formula is C21H26FN5O4S. The second-order valence-electron chi connectivity index (χ2n) is 8.36. The molecule has 2 aromatic heterocycles. The zero-order valence-electron chi connectivity index (χ0n) is 17.3. The Morgan fingerprint density at radius 2 is 2.06 bits per heavy atom. The molecule has 2 aromatic rings. The number of aliphatic hydroxyl groups excluding tert-OH is 3. The number of nitrogens with zero attached hydrogens (tertiary/aromatic N) is 4. The highest BCUT2D eigenvalue weighted by Crippen LogP contribution is 2.37. The van der Waals surface area contributed by atoms with Crippen LogP contribution in [0.4, 0.5) is 10.2 Å². The van der Waals surface area contributed by atoms with Crippen molar-refractivity contribution in [1.82, 2.24) is 19.5 Å². The third-order valence-corrected chi connectivity index (χ3v) is 7.50. The summed E-state index contributed by atoms with van der Waals surface area (Å²) in [5.74, 6) is 0.572. The van der Waals surface area contributed by atoms with Gasteiger partial charge in [-0.3, -0.25) is 4.57 Å². The van der Waals surface area contributed by atoms with Crippen LogP contribution in [0.2, 0.25) is 0 Å². The average molecular weight is 464 g/mol. The van der Waals surface area contributed by atoms with Gasteiger partial charge in [-0.15, -0.1) is 11.8 Å². The lowest BCUT2D eigenvalue weighted by molar-refractivity contribution is -0.0288. The molecule has 32 heavy (non-hydrogen) atoms. The van der Waals surface area contributed by atoms with E-state index in [2.05, 4.69) is 20.3 Å². The van der Waals surface area contributed by atoms with Gasteiger partial charge in [0.25, 0.3) is 0 Å². The largest absolute Gasteiger partial charge is 0.391 e. The fourth-order valence-corrected chi connectivity index (χ4v) is 5.57. The SMILES string of the molecule is O[C@@H]1[C@H](O)[C@@H](CSC2=C(F)C=CCC2)O[C@H]1n1cnc2c(NC3CCC[C@H]3O)ncnc21. The summed E-state index contributed by atoms with van der Waals surface area (Å²) >= 11 is 1.30. The molecule has 1 aliphatic heterocycles. The van der Waals surface area contributed by atoms with E-state index in [0.29, 0.717) is 34.1 Å². The normalized spacial score (nSPS) is 32.9. The summed E-state index contributed by atoms with van der Waals surface area (Å²) < 4.78 is 21.5. The van der Waals surface area contributed by atoms with Crippen LogP contribution in [0, 0.1) is 0 Å². The molecule has 5 rings (SSSR count). The van der Waals surface area contributed by atoms with Crippen molar-refractivity contribution in [2.75, 3.05) is 11.1 Å². The van der Waals surface area contributed by atoms with Gasteiger partial charge in [0.1, 0.15) is 24.4 Å². The summed E-state index contributed by atoms with van der Waals surface area (Å²) in [7, 11) is 0. The monoisotopic (exact) mass is 463 g/mol. The van der Waals surface area contributed by atoms with Crippen LogP contribution < -0.4 is 5.32 Å². The Hall–Kier alpha value is -2.05. The van der Waals surface area contributed by atoms with E-state index in [4.69, 9.17) is 4.74 Å². The van der Waals surface area contributed by atoms with Gasteiger partial charge in [0.2, 0.25) is 0 Å². The van der Waals surface area contributed by atoms with E-state index < -0.39 is 30.6 Å². The first-order valence-corrected chi connectivity index (χ1v) is 11.8. The van der Waals surface area contributed by atoms with Crippen molar-refractivity contribution < 1.29 is 24.4 Å². The van der Waals surface area contributed by atoms with Gasteiger partial charge in [-0.25, -0.2) is 19.3 Å². The Labute approximate surface area is 188 Å². The fourth-order valence-electron chi connectivity index (χ4n) is 4.46. The van der Waals surface area contributed by atoms with Crippen molar-refractivity contribution in [1.29, 1.82) is 0 Å². The maximum absolute atomic E-state index is 13.9. The first-order chi connectivity index (χ1) is 15.5. The third-order valence-electron chi connectivity index (χ3n) is 6.26. The van der Waals surface area contributed by atoms with Gasteiger partial charge in [0, 0.05) is 10.7 Å². The number of hydrogen-bond donors (Lipinski definition) is 4. The van der Waals surface area contributed by atoms with E-state index in [1.165, 1.54) is 30.5 Å². The highest BCUT2D eigenvalue weighted by molar-refractivity contribution is 8.03. The van der Waals surface area contributed by atoms with Crippen molar-refractivity contribution in [3.63, 3.8) is 0 Å². The summed E-state index contributed by atoms with van der Waals surface area (Å²) in [5.41, 5.74) is 0.946. The lowest BCUT2D eigenvalue weighted by Crippen LogP contribution is -2.32. The number of imidazole rings is 1. The van der Waals surface area contributed by atoms with Crippen LogP contribution in [0.25, 0.3) is 11.2 Å². The maximum Gasteiger partial charge on any atom is 0.167 e. The average Bonchev–Trinajstić information content (AvgIpc) is 3.47. The molecule has 2 fully saturated rings. The van der Waals surface area contributed by atoms with Crippen molar-refractivity contribution in [2.24, 2.45) is 0 Å². The summed E-state index contributed by atoms with van der Waals surface area (Å²) in [4.78, 5) is 13.6. The molecular weight excluding hydrogens is 437 g/mol. The summed E-state index contributed by atoms with van der Waals surface area (Å²) in [5, 5.41) is 34.6. The summed E-state index contributed by atoms with van der Waals surface area (Å²) in [6.45, 7) is 0. The number of fused-ring (bicyclic) bond motifs is 1. The van der Waals surface area contributed by atoms with Crippen LogP contribution in [-0.4, -0.2) is 71.0 Å². The molecule has 3 heterocycles. The fraction of sp³-hybridized carbons (Fsp3) is 0.571. The highest BCUT2D eigenvalue weighted by atomic mass is 32.2. The molecule has 3 aliphatic rings. The van der Waals surface area contributed by atoms with Gasteiger partial charge in [-0.05, 0) is 38.2 Å². The second kappa shape index (κ2) is 9.06. The molecule has 1 unspecified atom stereocenters. The Bertz CT molecular complexity index is 1050. The van der Waals surface area contributed by atoms with Gasteiger partial charge in [-0.2, -0.15) is 0 Å². The molecule has 11 heteroatoms. The van der Waals surface area contributed by atoms with Crippen molar-refractivity contribution in [3.05, 3.63) is 35.5 Å². The molecule has 172 valence electrons. The van der Waals surface area contributed by atoms with Crippen molar-refractivity contribution in [3.8, 4) is 0 Å². The zero-order valence-corrected chi connectivity index (χ0v) is 18.2. The van der Waals surface area contributed by atoms with E-state index in [0.717, 1.165) is 25.7 Å². The van der Waals surface area contributed by atoms with Crippen LogP contribution in [0.15, 0.2) is 35.5 Å². The second-order valence-corrected chi connectivity index (χ2v) is 9.48. The lowest BCUT2D eigenvalue weighted by Gasteiger charge is -2.18. The minimum atomic E-state index is -1.19. The Kier molecular flexibility index (Phi) is 6.17. The van der Waals surface area contributed by atoms with Crippen molar-refractivity contribution >= 4 is 28.7 Å². The van der Waals surface area contributed by atoms with Crippen molar-refractivity contribution in [2.45, 2.75) is 68.8 Å². The van der Waals surface area contributed by atoms with Gasteiger partial charge < -0.3 is 25.4 Å². The molecule has 1 saturated carbocycles.